The standard InChI is InChI=1S/C36H34N2O4S.ClH/c1-41-35-16-13-31(24-36(35)42-33-22-29-9-5-6-10-30(29)23-33)34(21-26-17-19-37-20-18-26)28-11-14-32(15-12-28)38-43(39,40)25-27-7-3-2-4-8-27;/h2-20,24,33-34,38H,21-23,25H2,1H3;1H. The summed E-state index contributed by atoms with van der Waals surface area (Å²) in [5.41, 5.74) is 7.23. The lowest BCUT2D eigenvalue weighted by molar-refractivity contribution is 0.204. The van der Waals surface area contributed by atoms with Gasteiger partial charge < -0.3 is 9.47 Å². The molecular weight excluding hydrogens is 592 g/mol. The zero-order chi connectivity index (χ0) is 29.6. The summed E-state index contributed by atoms with van der Waals surface area (Å²) in [6.07, 6.45) is 6.12. The minimum atomic E-state index is -3.55. The normalized spacial score (nSPS) is 13.4. The summed E-state index contributed by atoms with van der Waals surface area (Å²) < 4.78 is 40.6. The van der Waals surface area contributed by atoms with E-state index in [2.05, 4.69) is 46.1 Å². The predicted molar refractivity (Wildman–Crippen MR) is 177 cm³/mol. The van der Waals surface area contributed by atoms with Crippen LogP contribution in [0.5, 0.6) is 11.5 Å². The van der Waals surface area contributed by atoms with E-state index in [0.717, 1.165) is 47.3 Å². The Labute approximate surface area is 265 Å². The molecule has 0 amide bonds. The molecule has 6 rings (SSSR count). The molecule has 6 nitrogen and oxygen atoms in total. The van der Waals surface area contributed by atoms with Crippen molar-refractivity contribution in [3.63, 3.8) is 0 Å². The van der Waals surface area contributed by atoms with Crippen LogP contribution in [-0.4, -0.2) is 26.6 Å². The van der Waals surface area contributed by atoms with Crippen LogP contribution in [0.25, 0.3) is 0 Å². The molecule has 0 saturated carbocycles. The molecule has 1 atom stereocenters. The molecule has 0 fully saturated rings. The number of fused-ring (bicyclic) bond motifs is 1. The molecule has 226 valence electrons. The second kappa shape index (κ2) is 14.0. The summed E-state index contributed by atoms with van der Waals surface area (Å²) in [5.74, 6) is 1.33. The number of hydrogen-bond donors (Lipinski definition) is 1. The zero-order valence-electron chi connectivity index (χ0n) is 24.4. The van der Waals surface area contributed by atoms with E-state index in [1.165, 1.54) is 11.1 Å². The average Bonchev–Trinajstić information content (AvgIpc) is 3.43. The number of methoxy groups -OCH3 is 1. The predicted octanol–water partition coefficient (Wildman–Crippen LogP) is 7.37. The van der Waals surface area contributed by atoms with Crippen LogP contribution in [0.4, 0.5) is 5.69 Å². The monoisotopic (exact) mass is 626 g/mol. The van der Waals surface area contributed by atoms with Crippen LogP contribution in [0.1, 0.15) is 39.3 Å². The van der Waals surface area contributed by atoms with Gasteiger partial charge in [0.05, 0.1) is 12.9 Å². The summed E-state index contributed by atoms with van der Waals surface area (Å²) >= 11 is 0. The Morgan fingerprint density at radius 2 is 1.41 bits per heavy atom. The third kappa shape index (κ3) is 7.59. The highest BCUT2D eigenvalue weighted by atomic mass is 35.5. The first kappa shape index (κ1) is 31.1. The Morgan fingerprint density at radius 3 is 2.07 bits per heavy atom. The van der Waals surface area contributed by atoms with Gasteiger partial charge in [-0.1, -0.05) is 72.8 Å². The molecular formula is C36H35ClN2O4S. The molecule has 1 aromatic heterocycles. The Balaban J connectivity index is 0.00000384. The highest BCUT2D eigenvalue weighted by Gasteiger charge is 2.25. The van der Waals surface area contributed by atoms with E-state index in [9.17, 15) is 8.42 Å². The van der Waals surface area contributed by atoms with Crippen molar-refractivity contribution in [2.24, 2.45) is 0 Å². The number of anilines is 1. The maximum absolute atomic E-state index is 12.8. The van der Waals surface area contributed by atoms with Crippen molar-refractivity contribution in [1.29, 1.82) is 0 Å². The third-order valence-electron chi connectivity index (χ3n) is 7.87. The van der Waals surface area contributed by atoms with E-state index in [1.54, 1.807) is 19.5 Å². The van der Waals surface area contributed by atoms with Crippen LogP contribution in [-0.2, 0) is 35.0 Å². The van der Waals surface area contributed by atoms with Gasteiger partial charge in [-0.25, -0.2) is 8.42 Å². The lowest BCUT2D eigenvalue weighted by Crippen LogP contribution is -2.17. The van der Waals surface area contributed by atoms with Crippen LogP contribution >= 0.6 is 12.4 Å². The summed E-state index contributed by atoms with van der Waals surface area (Å²) in [5, 5.41) is 0. The molecule has 0 aliphatic heterocycles. The molecule has 1 aliphatic carbocycles. The van der Waals surface area contributed by atoms with E-state index >= 15 is 0 Å². The van der Waals surface area contributed by atoms with Gasteiger partial charge in [-0.15, -0.1) is 12.4 Å². The number of hydrogen-bond acceptors (Lipinski definition) is 5. The molecule has 0 saturated heterocycles. The number of halogens is 1. The summed E-state index contributed by atoms with van der Waals surface area (Å²) in [4.78, 5) is 4.18. The van der Waals surface area contributed by atoms with E-state index in [1.807, 2.05) is 72.8 Å². The van der Waals surface area contributed by atoms with Gasteiger partial charge in [-0.3, -0.25) is 9.71 Å². The highest BCUT2D eigenvalue weighted by Crippen LogP contribution is 2.37. The van der Waals surface area contributed by atoms with Gasteiger partial charge in [-0.05, 0) is 76.2 Å². The summed E-state index contributed by atoms with van der Waals surface area (Å²) in [7, 11) is -1.89. The van der Waals surface area contributed by atoms with Crippen LogP contribution < -0.4 is 14.2 Å². The van der Waals surface area contributed by atoms with Crippen LogP contribution in [0.2, 0.25) is 0 Å². The number of nitrogens with zero attached hydrogens (tertiary/aromatic N) is 1. The second-order valence-electron chi connectivity index (χ2n) is 10.9. The second-order valence-corrected chi connectivity index (χ2v) is 12.6. The van der Waals surface area contributed by atoms with Crippen molar-refractivity contribution in [3.05, 3.63) is 155 Å². The van der Waals surface area contributed by atoms with Crippen molar-refractivity contribution in [2.75, 3.05) is 11.8 Å². The van der Waals surface area contributed by atoms with E-state index in [4.69, 9.17) is 9.47 Å². The summed E-state index contributed by atoms with van der Waals surface area (Å²) in [6.45, 7) is 0. The fourth-order valence-electron chi connectivity index (χ4n) is 5.76. The Hall–Kier alpha value is -4.33. The largest absolute Gasteiger partial charge is 0.493 e. The number of nitrogens with one attached hydrogen (secondary N) is 1. The molecule has 0 spiro atoms. The van der Waals surface area contributed by atoms with Gasteiger partial charge in [0.2, 0.25) is 10.0 Å². The molecule has 0 radical (unpaired) electrons. The minimum Gasteiger partial charge on any atom is -0.493 e. The first-order valence-corrected chi connectivity index (χ1v) is 16.1. The third-order valence-corrected chi connectivity index (χ3v) is 9.13. The maximum Gasteiger partial charge on any atom is 0.236 e. The average molecular weight is 627 g/mol. The fourth-order valence-corrected chi connectivity index (χ4v) is 6.96. The van der Waals surface area contributed by atoms with Crippen LogP contribution in [0.15, 0.2) is 122 Å². The number of aromatic nitrogens is 1. The molecule has 44 heavy (non-hydrogen) atoms. The zero-order valence-corrected chi connectivity index (χ0v) is 26.1. The highest BCUT2D eigenvalue weighted by molar-refractivity contribution is 7.91. The van der Waals surface area contributed by atoms with Gasteiger partial charge >= 0.3 is 0 Å². The van der Waals surface area contributed by atoms with Crippen LogP contribution in [0, 0.1) is 0 Å². The Morgan fingerprint density at radius 1 is 0.773 bits per heavy atom. The molecule has 1 aliphatic rings. The SMILES string of the molecule is COc1ccc(C(Cc2ccncc2)c2ccc(NS(=O)(=O)Cc3ccccc3)cc2)cc1OC1Cc2ccccc2C1.Cl. The van der Waals surface area contributed by atoms with Gasteiger partial charge in [0.15, 0.2) is 11.5 Å². The molecule has 1 N–H and O–H groups in total. The molecule has 1 heterocycles. The number of sulfonamides is 1. The minimum absolute atomic E-state index is 0. The molecule has 0 bridgehead atoms. The van der Waals surface area contributed by atoms with Crippen molar-refractivity contribution in [3.8, 4) is 11.5 Å². The molecule has 5 aromatic rings. The first-order valence-electron chi connectivity index (χ1n) is 14.4. The van der Waals surface area contributed by atoms with Crippen molar-refractivity contribution in [2.45, 2.75) is 37.0 Å². The molecule has 4 aromatic carbocycles. The van der Waals surface area contributed by atoms with Crippen molar-refractivity contribution >= 4 is 28.1 Å². The quantitative estimate of drug-likeness (QED) is 0.166. The number of ether oxygens (including phenoxy) is 2. The van der Waals surface area contributed by atoms with E-state index in [-0.39, 0.29) is 30.2 Å². The van der Waals surface area contributed by atoms with Crippen molar-refractivity contribution < 1.29 is 17.9 Å². The van der Waals surface area contributed by atoms with Gasteiger partial charge in [-0.2, -0.15) is 0 Å². The lowest BCUT2D eigenvalue weighted by Gasteiger charge is -2.22. The number of rotatable bonds is 11. The lowest BCUT2D eigenvalue weighted by atomic mass is 9.86. The van der Waals surface area contributed by atoms with E-state index in [0.29, 0.717) is 11.4 Å². The number of benzene rings is 4. The van der Waals surface area contributed by atoms with Crippen LogP contribution in [0.3, 0.4) is 0 Å². The Kier molecular flexibility index (Phi) is 9.88. The maximum atomic E-state index is 12.8. The topological polar surface area (TPSA) is 77.5 Å². The van der Waals surface area contributed by atoms with E-state index < -0.39 is 10.0 Å². The molecule has 1 unspecified atom stereocenters. The molecule has 8 heteroatoms. The van der Waals surface area contributed by atoms with Gasteiger partial charge in [0, 0.05) is 36.8 Å². The van der Waals surface area contributed by atoms with Gasteiger partial charge in [0.25, 0.3) is 0 Å². The first-order chi connectivity index (χ1) is 21.0. The van der Waals surface area contributed by atoms with Gasteiger partial charge in [0.1, 0.15) is 6.10 Å². The Bertz CT molecular complexity index is 1760. The fraction of sp³-hybridized carbons (Fsp3) is 0.194. The number of pyridine rings is 1. The smallest absolute Gasteiger partial charge is 0.236 e. The summed E-state index contributed by atoms with van der Waals surface area (Å²) in [6, 6.07) is 35.5. The van der Waals surface area contributed by atoms with Crippen molar-refractivity contribution in [1.82, 2.24) is 4.98 Å².